The fourth-order valence-corrected chi connectivity index (χ4v) is 0.862. The number of ether oxygens (including phenoxy) is 1. The summed E-state index contributed by atoms with van der Waals surface area (Å²) in [6.07, 6.45) is -8.40. The lowest BCUT2D eigenvalue weighted by molar-refractivity contribution is -0.177. The van der Waals surface area contributed by atoms with E-state index in [9.17, 15) is 14.0 Å². The Bertz CT molecular complexity index is 270. The molecule has 0 radical (unpaired) electrons. The summed E-state index contributed by atoms with van der Waals surface area (Å²) >= 11 is 0. The van der Waals surface area contributed by atoms with Crippen LogP contribution in [0, 0.1) is 0 Å². The summed E-state index contributed by atoms with van der Waals surface area (Å²) in [5.74, 6) is -3.25. The van der Waals surface area contributed by atoms with Crippen LogP contribution >= 0.6 is 0 Å². The first kappa shape index (κ1) is 15.9. The summed E-state index contributed by atoms with van der Waals surface area (Å²) in [5, 5.41) is 44.7. The second-order valence-corrected chi connectivity index (χ2v) is 3.10. The SMILES string of the molecule is O=C(CF)OC(=O)[C@H](O)[C@@H](O)[C@H](O)[C@H](O)CO. The second-order valence-electron chi connectivity index (χ2n) is 3.10. The van der Waals surface area contributed by atoms with Crippen molar-refractivity contribution in [3.05, 3.63) is 0 Å². The molecule has 9 heteroatoms. The standard InChI is InChI=1S/C8H13FO8/c9-1-4(12)17-8(16)7(15)6(14)5(13)3(11)2-10/h3,5-7,10-11,13-15H,1-2H2/t3-,5-,6+,7-/m1/s1. The third-order valence-electron chi connectivity index (χ3n) is 1.82. The van der Waals surface area contributed by atoms with Gasteiger partial charge in [0.2, 0.25) is 0 Å². The van der Waals surface area contributed by atoms with Crippen molar-refractivity contribution in [1.82, 2.24) is 0 Å². The molecule has 0 heterocycles. The molecule has 0 aliphatic heterocycles. The number of carbonyl (C=O) groups is 2. The van der Waals surface area contributed by atoms with Crippen molar-refractivity contribution in [3.63, 3.8) is 0 Å². The van der Waals surface area contributed by atoms with Crippen molar-refractivity contribution in [2.45, 2.75) is 24.4 Å². The van der Waals surface area contributed by atoms with Crippen molar-refractivity contribution in [3.8, 4) is 0 Å². The van der Waals surface area contributed by atoms with Gasteiger partial charge in [0.15, 0.2) is 12.8 Å². The van der Waals surface area contributed by atoms with Crippen LogP contribution in [0.2, 0.25) is 0 Å². The maximum atomic E-state index is 11.7. The van der Waals surface area contributed by atoms with Crippen LogP contribution in [0.3, 0.4) is 0 Å². The lowest BCUT2D eigenvalue weighted by Gasteiger charge is -2.23. The first-order valence-corrected chi connectivity index (χ1v) is 4.48. The number of hydrogen-bond donors (Lipinski definition) is 5. The van der Waals surface area contributed by atoms with Gasteiger partial charge in [0, 0.05) is 0 Å². The van der Waals surface area contributed by atoms with Gasteiger partial charge in [-0.3, -0.25) is 0 Å². The lowest BCUT2D eigenvalue weighted by atomic mass is 10.0. The van der Waals surface area contributed by atoms with Crippen LogP contribution in [0.15, 0.2) is 0 Å². The van der Waals surface area contributed by atoms with Gasteiger partial charge in [-0.25, -0.2) is 14.0 Å². The summed E-state index contributed by atoms with van der Waals surface area (Å²) < 4.78 is 15.4. The van der Waals surface area contributed by atoms with Gasteiger partial charge in [0.1, 0.15) is 18.3 Å². The Hall–Kier alpha value is -1.13. The minimum atomic E-state index is -2.36. The van der Waals surface area contributed by atoms with Crippen LogP contribution in [-0.4, -0.2) is 75.2 Å². The highest BCUT2D eigenvalue weighted by atomic mass is 19.1. The summed E-state index contributed by atoms with van der Waals surface area (Å²) in [5.41, 5.74) is 0. The van der Waals surface area contributed by atoms with Gasteiger partial charge in [-0.05, 0) is 0 Å². The third kappa shape index (κ3) is 4.71. The van der Waals surface area contributed by atoms with E-state index < -0.39 is 49.6 Å². The zero-order valence-electron chi connectivity index (χ0n) is 8.56. The molecule has 100 valence electrons. The number of aliphatic hydroxyl groups excluding tert-OH is 5. The molecular weight excluding hydrogens is 243 g/mol. The topological polar surface area (TPSA) is 145 Å². The Morgan fingerprint density at radius 1 is 1.12 bits per heavy atom. The smallest absolute Gasteiger partial charge is 0.345 e. The monoisotopic (exact) mass is 256 g/mol. The van der Waals surface area contributed by atoms with E-state index in [4.69, 9.17) is 25.5 Å². The molecule has 17 heavy (non-hydrogen) atoms. The average Bonchev–Trinajstić information content (AvgIpc) is 2.34. The highest BCUT2D eigenvalue weighted by molar-refractivity contribution is 5.88. The second kappa shape index (κ2) is 7.25. The quantitative estimate of drug-likeness (QED) is 0.243. The fourth-order valence-electron chi connectivity index (χ4n) is 0.862. The van der Waals surface area contributed by atoms with Crippen LogP contribution < -0.4 is 0 Å². The number of halogens is 1. The van der Waals surface area contributed by atoms with Crippen molar-refractivity contribution < 1.29 is 44.2 Å². The summed E-state index contributed by atoms with van der Waals surface area (Å²) in [7, 11) is 0. The Labute approximate surface area is 94.9 Å². The van der Waals surface area contributed by atoms with Crippen LogP contribution in [0.1, 0.15) is 0 Å². The van der Waals surface area contributed by atoms with E-state index >= 15 is 0 Å². The van der Waals surface area contributed by atoms with Crippen molar-refractivity contribution in [2.24, 2.45) is 0 Å². The number of esters is 2. The zero-order valence-corrected chi connectivity index (χ0v) is 8.56. The molecule has 0 saturated heterocycles. The molecule has 0 spiro atoms. The minimum Gasteiger partial charge on any atom is -0.394 e. The molecular formula is C8H13FO8. The van der Waals surface area contributed by atoms with Gasteiger partial charge in [-0.1, -0.05) is 0 Å². The predicted molar refractivity (Wildman–Crippen MR) is 48.2 cm³/mol. The summed E-state index contributed by atoms with van der Waals surface area (Å²) in [4.78, 5) is 21.2. The molecule has 0 bridgehead atoms. The molecule has 0 aliphatic carbocycles. The van der Waals surface area contributed by atoms with E-state index in [-0.39, 0.29) is 0 Å². The normalized spacial score (nSPS) is 18.0. The third-order valence-corrected chi connectivity index (χ3v) is 1.82. The maximum Gasteiger partial charge on any atom is 0.345 e. The molecule has 0 aromatic heterocycles. The minimum absolute atomic E-state index is 0.927. The Morgan fingerprint density at radius 3 is 2.06 bits per heavy atom. The van der Waals surface area contributed by atoms with E-state index in [1.54, 1.807) is 0 Å². The van der Waals surface area contributed by atoms with Gasteiger partial charge < -0.3 is 30.3 Å². The first-order chi connectivity index (χ1) is 7.84. The van der Waals surface area contributed by atoms with Crippen LogP contribution in [0.4, 0.5) is 4.39 Å². The predicted octanol–water partition coefficient (Wildman–Crippen LogP) is -3.54. The number of carbonyl (C=O) groups excluding carboxylic acids is 2. The Morgan fingerprint density at radius 2 is 1.65 bits per heavy atom. The van der Waals surface area contributed by atoms with Crippen molar-refractivity contribution in [2.75, 3.05) is 13.3 Å². The van der Waals surface area contributed by atoms with E-state index in [2.05, 4.69) is 4.74 Å². The zero-order chi connectivity index (χ0) is 13.6. The number of hydrogen-bond acceptors (Lipinski definition) is 8. The van der Waals surface area contributed by atoms with Gasteiger partial charge in [-0.15, -0.1) is 0 Å². The summed E-state index contributed by atoms with van der Waals surface area (Å²) in [6, 6.07) is 0. The van der Waals surface area contributed by atoms with E-state index in [0.717, 1.165) is 0 Å². The average molecular weight is 256 g/mol. The molecule has 0 rings (SSSR count). The molecule has 5 N–H and O–H groups in total. The molecule has 4 atom stereocenters. The Balaban J connectivity index is 4.43. The van der Waals surface area contributed by atoms with E-state index in [0.29, 0.717) is 0 Å². The maximum absolute atomic E-state index is 11.7. The van der Waals surface area contributed by atoms with Crippen LogP contribution in [-0.2, 0) is 14.3 Å². The van der Waals surface area contributed by atoms with Gasteiger partial charge in [0.05, 0.1) is 6.61 Å². The highest BCUT2D eigenvalue weighted by Crippen LogP contribution is 2.06. The van der Waals surface area contributed by atoms with Crippen LogP contribution in [0.5, 0.6) is 0 Å². The van der Waals surface area contributed by atoms with Crippen molar-refractivity contribution >= 4 is 11.9 Å². The number of aliphatic hydroxyl groups is 5. The number of rotatable bonds is 6. The Kier molecular flexibility index (Phi) is 6.76. The molecule has 0 aromatic carbocycles. The van der Waals surface area contributed by atoms with Crippen molar-refractivity contribution in [1.29, 1.82) is 0 Å². The first-order valence-electron chi connectivity index (χ1n) is 4.48. The van der Waals surface area contributed by atoms with E-state index in [1.807, 2.05) is 0 Å². The molecule has 0 unspecified atom stereocenters. The molecule has 0 fully saturated rings. The molecule has 0 aromatic rings. The molecule has 0 aliphatic rings. The summed E-state index contributed by atoms with van der Waals surface area (Å²) in [6.45, 7) is -2.53. The van der Waals surface area contributed by atoms with Gasteiger partial charge in [0.25, 0.3) is 0 Å². The van der Waals surface area contributed by atoms with Gasteiger partial charge in [-0.2, -0.15) is 0 Å². The van der Waals surface area contributed by atoms with Gasteiger partial charge >= 0.3 is 11.9 Å². The van der Waals surface area contributed by atoms with Crippen LogP contribution in [0.25, 0.3) is 0 Å². The molecule has 8 nitrogen and oxygen atoms in total. The molecule has 0 amide bonds. The molecule has 0 saturated carbocycles. The fraction of sp³-hybridized carbons (Fsp3) is 0.750. The number of alkyl halides is 1. The lowest BCUT2D eigenvalue weighted by Crippen LogP contribution is -2.49. The van der Waals surface area contributed by atoms with E-state index in [1.165, 1.54) is 0 Å². The highest BCUT2D eigenvalue weighted by Gasteiger charge is 2.35. The largest absolute Gasteiger partial charge is 0.394 e.